The quantitative estimate of drug-likeness (QED) is 0.814. The van der Waals surface area contributed by atoms with Crippen LogP contribution in [0, 0.1) is 11.3 Å². The number of carbonyl (C=O) groups excluding carboxylic acids is 2. The summed E-state index contributed by atoms with van der Waals surface area (Å²) in [7, 11) is 0. The Morgan fingerprint density at radius 2 is 2.00 bits per heavy atom. The molecular weight excluding hydrogens is 296 g/mol. The van der Waals surface area contributed by atoms with Crippen molar-refractivity contribution in [3.63, 3.8) is 0 Å². The summed E-state index contributed by atoms with van der Waals surface area (Å²) >= 11 is 0. The van der Waals surface area contributed by atoms with E-state index in [1.54, 1.807) is 45.0 Å². The van der Waals surface area contributed by atoms with Gasteiger partial charge in [-0.05, 0) is 32.8 Å². The van der Waals surface area contributed by atoms with Gasteiger partial charge in [-0.2, -0.15) is 5.26 Å². The average Bonchev–Trinajstić information content (AvgIpc) is 2.49. The summed E-state index contributed by atoms with van der Waals surface area (Å²) in [4.78, 5) is 24.1. The molecule has 1 aromatic carbocycles. The Morgan fingerprint density at radius 3 is 2.57 bits per heavy atom. The Labute approximate surface area is 137 Å². The molecule has 0 aliphatic carbocycles. The van der Waals surface area contributed by atoms with Gasteiger partial charge in [0.05, 0.1) is 7.44 Å². The van der Waals surface area contributed by atoms with Gasteiger partial charge in [-0.3, -0.25) is 0 Å². The first-order chi connectivity index (χ1) is 11.2. The number of rotatable bonds is 6. The molecule has 0 bridgehead atoms. The molecule has 0 aromatic heterocycles. The lowest BCUT2D eigenvalue weighted by Gasteiger charge is -2.22. The van der Waals surface area contributed by atoms with Crippen LogP contribution in [0.25, 0.3) is 0 Å². The molecule has 0 saturated heterocycles. The van der Waals surface area contributed by atoms with Gasteiger partial charge in [0, 0.05) is 6.42 Å². The number of benzene rings is 1. The van der Waals surface area contributed by atoms with Gasteiger partial charge in [-0.25, -0.2) is 9.59 Å². The number of carbonyl (C=O) groups is 2. The summed E-state index contributed by atoms with van der Waals surface area (Å²) in [6.45, 7) is 4.98. The number of nitriles is 1. The third-order valence-electron chi connectivity index (χ3n) is 2.60. The van der Waals surface area contributed by atoms with Gasteiger partial charge in [0.15, 0.2) is 0 Å². The highest BCUT2D eigenvalue weighted by Gasteiger charge is 2.25. The number of nitrogens with zero attached hydrogens (tertiary/aromatic N) is 1. The Kier molecular flexibility index (Phi) is 6.42. The van der Waals surface area contributed by atoms with Crippen LogP contribution in [0.4, 0.5) is 4.79 Å². The fraction of sp³-hybridized carbons (Fsp3) is 0.471. The number of ether oxygens (including phenoxy) is 2. The number of hydrogen-bond donors (Lipinski definition) is 1. The molecule has 1 atom stereocenters. The van der Waals surface area contributed by atoms with E-state index in [9.17, 15) is 9.59 Å². The van der Waals surface area contributed by atoms with Gasteiger partial charge >= 0.3 is 12.1 Å². The van der Waals surface area contributed by atoms with Crippen LogP contribution in [-0.2, 0) is 20.9 Å². The first-order valence-corrected chi connectivity index (χ1v) is 7.25. The standard InChI is InChI=1S/C17H22N2O4/c1-17(2,3)23-16(21)19-14(10-7-11-18)15(20)22-12-13-8-5-4-6-9-13/h4-6,8-9,14H,7,10,12H2,1-3H3,(H,19,21)/t14-/m1/s1/i14D. The van der Waals surface area contributed by atoms with Crippen molar-refractivity contribution in [3.8, 4) is 6.07 Å². The zero-order valence-electron chi connectivity index (χ0n) is 14.6. The lowest BCUT2D eigenvalue weighted by atomic mass is 10.1. The highest BCUT2D eigenvalue weighted by molar-refractivity contribution is 5.81. The van der Waals surface area contributed by atoms with E-state index in [4.69, 9.17) is 16.1 Å². The zero-order chi connectivity index (χ0) is 18.2. The molecule has 0 aliphatic rings. The van der Waals surface area contributed by atoms with Gasteiger partial charge < -0.3 is 14.8 Å². The van der Waals surface area contributed by atoms with Crippen molar-refractivity contribution in [2.75, 3.05) is 0 Å². The van der Waals surface area contributed by atoms with Gasteiger partial charge in [-0.15, -0.1) is 0 Å². The van der Waals surface area contributed by atoms with Crippen LogP contribution in [0.2, 0.25) is 0 Å². The molecular formula is C17H22N2O4. The van der Waals surface area contributed by atoms with Gasteiger partial charge in [-0.1, -0.05) is 30.3 Å². The molecule has 0 unspecified atom stereocenters. The summed E-state index contributed by atoms with van der Waals surface area (Å²) in [5.74, 6) is -0.938. The largest absolute Gasteiger partial charge is 0.459 e. The summed E-state index contributed by atoms with van der Waals surface area (Å²) in [6.07, 6.45) is -1.19. The van der Waals surface area contributed by atoms with E-state index in [-0.39, 0.29) is 19.4 Å². The van der Waals surface area contributed by atoms with E-state index in [0.717, 1.165) is 5.56 Å². The number of esters is 1. The van der Waals surface area contributed by atoms with Crippen LogP contribution in [0.5, 0.6) is 0 Å². The molecule has 0 spiro atoms. The second kappa shape index (κ2) is 8.79. The fourth-order valence-corrected chi connectivity index (χ4v) is 1.63. The van der Waals surface area contributed by atoms with Crippen molar-refractivity contribution >= 4 is 12.1 Å². The van der Waals surface area contributed by atoms with Crippen LogP contribution in [0.3, 0.4) is 0 Å². The van der Waals surface area contributed by atoms with E-state index in [0.29, 0.717) is 0 Å². The van der Waals surface area contributed by atoms with E-state index in [1.807, 2.05) is 12.1 Å². The molecule has 1 amide bonds. The van der Waals surface area contributed by atoms with Crippen LogP contribution < -0.4 is 5.32 Å². The monoisotopic (exact) mass is 319 g/mol. The van der Waals surface area contributed by atoms with Crippen molar-refractivity contribution in [1.29, 1.82) is 5.26 Å². The van der Waals surface area contributed by atoms with E-state index in [2.05, 4.69) is 5.32 Å². The molecule has 0 radical (unpaired) electrons. The minimum atomic E-state index is -2.08. The van der Waals surface area contributed by atoms with Crippen LogP contribution in [0.15, 0.2) is 30.3 Å². The summed E-state index contributed by atoms with van der Waals surface area (Å²) in [6, 6.07) is 8.75. The first-order valence-electron chi connectivity index (χ1n) is 7.75. The summed E-state index contributed by atoms with van der Waals surface area (Å²) in [5, 5.41) is 10.9. The second-order valence-electron chi connectivity index (χ2n) is 5.83. The topological polar surface area (TPSA) is 88.4 Å². The van der Waals surface area contributed by atoms with Crippen LogP contribution >= 0.6 is 0 Å². The van der Waals surface area contributed by atoms with E-state index >= 15 is 0 Å². The number of nitrogens with one attached hydrogen (secondary N) is 1. The summed E-state index contributed by atoms with van der Waals surface area (Å²) in [5.41, 5.74) is -0.0144. The summed E-state index contributed by atoms with van der Waals surface area (Å²) < 4.78 is 18.4. The Morgan fingerprint density at radius 1 is 1.35 bits per heavy atom. The minimum absolute atomic E-state index is 0.0249. The maximum Gasteiger partial charge on any atom is 0.408 e. The molecule has 0 heterocycles. The van der Waals surface area contributed by atoms with Gasteiger partial charge in [0.2, 0.25) is 0 Å². The van der Waals surface area contributed by atoms with Crippen molar-refractivity contribution < 1.29 is 20.4 Å². The molecule has 0 fully saturated rings. The maximum absolute atomic E-state index is 12.3. The normalized spacial score (nSPS) is 13.9. The number of hydrogen-bond acceptors (Lipinski definition) is 5. The number of alkyl carbamates (subject to hydrolysis) is 1. The lowest BCUT2D eigenvalue weighted by Crippen LogP contribution is -2.44. The SMILES string of the molecule is [2H][C@](CCC#N)(NC(=O)OC(C)(C)C)C(=O)OCc1ccccc1. The Hall–Kier alpha value is -2.55. The molecule has 1 aromatic rings. The van der Waals surface area contributed by atoms with Crippen molar-refractivity contribution in [2.45, 2.75) is 51.8 Å². The third kappa shape index (κ3) is 7.86. The smallest absolute Gasteiger partial charge is 0.408 e. The zero-order valence-corrected chi connectivity index (χ0v) is 13.6. The first kappa shape index (κ1) is 16.8. The van der Waals surface area contributed by atoms with Gasteiger partial charge in [0.1, 0.15) is 18.2 Å². The molecule has 1 rings (SSSR count). The predicted molar refractivity (Wildman–Crippen MR) is 84.2 cm³/mol. The molecule has 124 valence electrons. The molecule has 6 heteroatoms. The highest BCUT2D eigenvalue weighted by Crippen LogP contribution is 2.09. The van der Waals surface area contributed by atoms with Gasteiger partial charge in [0.25, 0.3) is 0 Å². The highest BCUT2D eigenvalue weighted by atomic mass is 16.6. The number of amides is 1. The van der Waals surface area contributed by atoms with E-state index in [1.165, 1.54) is 0 Å². The molecule has 0 aliphatic heterocycles. The second-order valence-corrected chi connectivity index (χ2v) is 5.83. The molecule has 0 saturated carbocycles. The fourth-order valence-electron chi connectivity index (χ4n) is 1.63. The minimum Gasteiger partial charge on any atom is -0.459 e. The van der Waals surface area contributed by atoms with E-state index < -0.39 is 23.7 Å². The van der Waals surface area contributed by atoms with Crippen LogP contribution in [0.1, 0.15) is 40.5 Å². The Bertz CT molecular complexity index is 607. The van der Waals surface area contributed by atoms with Crippen LogP contribution in [-0.4, -0.2) is 23.7 Å². The Balaban J connectivity index is 2.76. The molecule has 23 heavy (non-hydrogen) atoms. The average molecular weight is 319 g/mol. The molecule has 6 nitrogen and oxygen atoms in total. The van der Waals surface area contributed by atoms with Crippen molar-refractivity contribution in [2.24, 2.45) is 0 Å². The predicted octanol–water partition coefficient (Wildman–Crippen LogP) is 2.93. The molecule has 1 N–H and O–H groups in total. The maximum atomic E-state index is 12.3. The van der Waals surface area contributed by atoms with Crippen molar-refractivity contribution in [1.82, 2.24) is 5.32 Å². The third-order valence-corrected chi connectivity index (χ3v) is 2.60. The van der Waals surface area contributed by atoms with Crippen molar-refractivity contribution in [3.05, 3.63) is 35.9 Å². The lowest BCUT2D eigenvalue weighted by molar-refractivity contribution is -0.147.